The molecule has 0 bridgehead atoms. The summed E-state index contributed by atoms with van der Waals surface area (Å²) in [7, 11) is 0. The Morgan fingerprint density at radius 1 is 0.210 bits per heavy atom. The van der Waals surface area contributed by atoms with Crippen LogP contribution in [0.4, 0.5) is 34.1 Å². The van der Waals surface area contributed by atoms with Crippen LogP contribution in [0.2, 0.25) is 0 Å². The van der Waals surface area contributed by atoms with Crippen molar-refractivity contribution in [3.05, 3.63) is 323 Å². The minimum atomic E-state index is 0.622. The van der Waals surface area contributed by atoms with Gasteiger partial charge in [0.2, 0.25) is 0 Å². The molecule has 7 heteroatoms. The zero-order valence-corrected chi connectivity index (χ0v) is 47.1. The molecule has 0 aliphatic rings. The summed E-state index contributed by atoms with van der Waals surface area (Å²) in [6.45, 7) is 5.17. The Labute approximate surface area is 484 Å². The van der Waals surface area contributed by atoms with Crippen LogP contribution >= 0.6 is 11.8 Å². The van der Waals surface area contributed by atoms with Crippen molar-refractivity contribution < 1.29 is 18.9 Å². The Balaban J connectivity index is 0.774. The molecule has 6 nitrogen and oxygen atoms in total. The molecule has 0 unspecified atom stereocenters. The lowest BCUT2D eigenvalue weighted by Gasteiger charge is -2.26. The zero-order valence-electron chi connectivity index (χ0n) is 46.2. The number of hydrogen-bond donors (Lipinski definition) is 0. The molecule has 0 radical (unpaired) electrons. The average molecular weight is 1090 g/mol. The summed E-state index contributed by atoms with van der Waals surface area (Å²) in [5.74, 6) is 1.81. The lowest BCUT2D eigenvalue weighted by Crippen LogP contribution is -2.10. The summed E-state index contributed by atoms with van der Waals surface area (Å²) in [4.78, 5) is 4.70. The maximum atomic E-state index is 6.03. The summed E-state index contributed by atoms with van der Waals surface area (Å²) in [5, 5.41) is 0. The molecule has 81 heavy (non-hydrogen) atoms. The third-order valence-electron chi connectivity index (χ3n) is 14.3. The second-order valence-electron chi connectivity index (χ2n) is 20.3. The minimum absolute atomic E-state index is 0.622. The summed E-state index contributed by atoms with van der Waals surface area (Å²) in [6, 6.07) is 95.3. The summed E-state index contributed by atoms with van der Waals surface area (Å²) in [5.41, 5.74) is 19.0. The highest BCUT2D eigenvalue weighted by Crippen LogP contribution is 2.37. The van der Waals surface area contributed by atoms with E-state index in [-0.39, 0.29) is 0 Å². The Bertz CT molecular complexity index is 2940. The van der Waals surface area contributed by atoms with E-state index in [0.29, 0.717) is 52.9 Å². The molecule has 0 heterocycles. The Morgan fingerprint density at radius 3 is 0.617 bits per heavy atom. The van der Waals surface area contributed by atoms with Crippen molar-refractivity contribution in [3.8, 4) is 0 Å². The second-order valence-corrected chi connectivity index (χ2v) is 21.3. The van der Waals surface area contributed by atoms with Gasteiger partial charge in [0.25, 0.3) is 0 Å². The molecule has 0 saturated carbocycles. The van der Waals surface area contributed by atoms with Gasteiger partial charge in [-0.1, -0.05) is 194 Å². The first kappa shape index (κ1) is 56.3. The van der Waals surface area contributed by atoms with E-state index in [1.807, 2.05) is 36.0 Å². The molecule has 0 atom stereocenters. The van der Waals surface area contributed by atoms with Crippen LogP contribution in [0.3, 0.4) is 0 Å². The van der Waals surface area contributed by atoms with Gasteiger partial charge in [-0.15, -0.1) is 0 Å². The van der Waals surface area contributed by atoms with E-state index in [4.69, 9.17) is 18.9 Å². The van der Waals surface area contributed by atoms with Crippen LogP contribution in [-0.2, 0) is 82.6 Å². The molecule has 408 valence electrons. The first-order valence-electron chi connectivity index (χ1n) is 28.3. The van der Waals surface area contributed by atoms with E-state index in [1.54, 1.807) is 0 Å². The van der Waals surface area contributed by atoms with Gasteiger partial charge >= 0.3 is 0 Å². The third kappa shape index (κ3) is 17.5. The lowest BCUT2D eigenvalue weighted by molar-refractivity contribution is 0.124. The van der Waals surface area contributed by atoms with E-state index in [0.717, 1.165) is 71.3 Å². The molecule has 0 N–H and O–H groups in total. The number of hydrogen-bond acceptors (Lipinski definition) is 7. The molecule has 0 saturated heterocycles. The SMILES string of the molecule is c1ccc(COCCc2ccc(N(c3ccc(CCOCc4ccccc4)cc3)c3ccc(CSCc4ccc(N(c5ccc(CCOCc6ccccc6)cc5)c5ccc(CCOCc6ccccc6)cc5)cc4)cc3)cc2)cc1. The van der Waals surface area contributed by atoms with Gasteiger partial charge in [0, 0.05) is 45.6 Å². The Morgan fingerprint density at radius 2 is 0.407 bits per heavy atom. The van der Waals surface area contributed by atoms with Gasteiger partial charge in [-0.05, 0) is 154 Å². The fourth-order valence-corrected chi connectivity index (χ4v) is 10.7. The van der Waals surface area contributed by atoms with Crippen LogP contribution in [0.5, 0.6) is 0 Å². The number of benzene rings is 10. The van der Waals surface area contributed by atoms with Crippen molar-refractivity contribution in [1.82, 2.24) is 0 Å². The minimum Gasteiger partial charge on any atom is -0.376 e. The van der Waals surface area contributed by atoms with Gasteiger partial charge < -0.3 is 28.7 Å². The molecule has 10 rings (SSSR count). The second kappa shape index (κ2) is 30.5. The van der Waals surface area contributed by atoms with Crippen LogP contribution in [0.25, 0.3) is 0 Å². The van der Waals surface area contributed by atoms with Crippen LogP contribution in [0.1, 0.15) is 55.6 Å². The van der Waals surface area contributed by atoms with Crippen LogP contribution in [0.15, 0.2) is 267 Å². The van der Waals surface area contributed by atoms with Gasteiger partial charge in [-0.3, -0.25) is 0 Å². The molecule has 0 aliphatic heterocycles. The smallest absolute Gasteiger partial charge is 0.0717 e. The highest BCUT2D eigenvalue weighted by atomic mass is 32.2. The van der Waals surface area contributed by atoms with Crippen molar-refractivity contribution >= 4 is 45.9 Å². The topological polar surface area (TPSA) is 43.4 Å². The molecule has 0 spiro atoms. The standard InChI is InChI=1S/C74H72N2O4S/c1-5-13-63(14-6-1)53-77-49-45-59-21-33-69(34-22-59)75(70-35-23-60(24-36-70)46-50-78-54-64-15-7-2-8-16-64)73-41-29-67(30-42-73)57-81-58-68-31-43-74(44-32-68)76(71-37-25-61(26-38-71)47-51-79-55-65-17-9-3-10-18-65)72-39-27-62(28-40-72)48-52-80-56-66-19-11-4-12-20-66/h1-44H,45-58H2. The van der Waals surface area contributed by atoms with Gasteiger partial charge in [-0.2, -0.15) is 11.8 Å². The van der Waals surface area contributed by atoms with Crippen molar-refractivity contribution in [2.45, 2.75) is 63.6 Å². The predicted molar refractivity (Wildman–Crippen MR) is 336 cm³/mol. The number of rotatable bonds is 30. The largest absolute Gasteiger partial charge is 0.376 e. The molecule has 0 amide bonds. The van der Waals surface area contributed by atoms with Crippen molar-refractivity contribution in [3.63, 3.8) is 0 Å². The summed E-state index contributed by atoms with van der Waals surface area (Å²) < 4.78 is 24.1. The van der Waals surface area contributed by atoms with Crippen molar-refractivity contribution in [1.29, 1.82) is 0 Å². The van der Waals surface area contributed by atoms with Gasteiger partial charge in [0.1, 0.15) is 0 Å². The van der Waals surface area contributed by atoms with Gasteiger partial charge in [-0.25, -0.2) is 0 Å². The zero-order chi connectivity index (χ0) is 54.9. The maximum Gasteiger partial charge on any atom is 0.0717 e. The fraction of sp³-hybridized carbons (Fsp3) is 0.189. The van der Waals surface area contributed by atoms with E-state index in [2.05, 4.69) is 252 Å². The highest BCUT2D eigenvalue weighted by Gasteiger charge is 2.16. The molecule has 0 fully saturated rings. The number of nitrogens with zero attached hydrogens (tertiary/aromatic N) is 2. The molecule has 10 aromatic carbocycles. The Kier molecular flexibility index (Phi) is 21.2. The third-order valence-corrected chi connectivity index (χ3v) is 15.4. The quantitative estimate of drug-likeness (QED) is 0.0416. The molecule has 0 aliphatic carbocycles. The summed E-state index contributed by atoms with van der Waals surface area (Å²) in [6.07, 6.45) is 3.42. The highest BCUT2D eigenvalue weighted by molar-refractivity contribution is 7.97. The Hall–Kier alpha value is -8.01. The van der Waals surface area contributed by atoms with E-state index >= 15 is 0 Å². The normalized spacial score (nSPS) is 11.2. The molecule has 10 aromatic rings. The van der Waals surface area contributed by atoms with Crippen LogP contribution in [0, 0.1) is 0 Å². The van der Waals surface area contributed by atoms with E-state index in [1.165, 1.54) is 55.6 Å². The van der Waals surface area contributed by atoms with Crippen molar-refractivity contribution in [2.24, 2.45) is 0 Å². The van der Waals surface area contributed by atoms with E-state index < -0.39 is 0 Å². The first-order chi connectivity index (χ1) is 40.1. The first-order valence-corrected chi connectivity index (χ1v) is 29.5. The fourth-order valence-electron chi connectivity index (χ4n) is 9.73. The number of anilines is 6. The average Bonchev–Trinajstić information content (AvgIpc) is 3.61. The van der Waals surface area contributed by atoms with E-state index in [9.17, 15) is 0 Å². The lowest BCUT2D eigenvalue weighted by atomic mass is 10.1. The molecule has 0 aromatic heterocycles. The predicted octanol–water partition coefficient (Wildman–Crippen LogP) is 18.1. The monoisotopic (exact) mass is 1080 g/mol. The van der Waals surface area contributed by atoms with Gasteiger partial charge in [0.15, 0.2) is 0 Å². The molecular formula is C74H72N2O4S. The maximum absolute atomic E-state index is 6.03. The van der Waals surface area contributed by atoms with Crippen LogP contribution in [-0.4, -0.2) is 26.4 Å². The number of thioether (sulfide) groups is 1. The number of ether oxygens (including phenoxy) is 4. The van der Waals surface area contributed by atoms with Crippen molar-refractivity contribution in [2.75, 3.05) is 36.2 Å². The van der Waals surface area contributed by atoms with Crippen LogP contribution < -0.4 is 9.80 Å². The van der Waals surface area contributed by atoms with Gasteiger partial charge in [0.05, 0.1) is 52.9 Å². The molecular weight excluding hydrogens is 1010 g/mol. The summed E-state index contributed by atoms with van der Waals surface area (Å²) >= 11 is 1.94.